The van der Waals surface area contributed by atoms with Gasteiger partial charge in [-0.15, -0.1) is 0 Å². The van der Waals surface area contributed by atoms with Gasteiger partial charge in [-0.05, 0) is 99.2 Å². The van der Waals surface area contributed by atoms with Gasteiger partial charge in [0.05, 0.1) is 5.69 Å². The number of aliphatic imine (C=N–C) groups is 1. The van der Waals surface area contributed by atoms with Crippen LogP contribution in [0.3, 0.4) is 0 Å². The normalized spacial score (nSPS) is 18.2. The molecule has 0 bridgehead atoms. The van der Waals surface area contributed by atoms with Gasteiger partial charge in [-0.25, -0.2) is 24.7 Å². The van der Waals surface area contributed by atoms with Gasteiger partial charge in [-0.1, -0.05) is 38.1 Å². The van der Waals surface area contributed by atoms with Crippen LogP contribution in [0.5, 0.6) is 0 Å². The number of nitrogens with zero attached hydrogens (tertiary/aromatic N) is 10. The van der Waals surface area contributed by atoms with E-state index < -0.39 is 5.91 Å². The Hall–Kier alpha value is -6.81. The van der Waals surface area contributed by atoms with E-state index in [-0.39, 0.29) is 23.2 Å². The van der Waals surface area contributed by atoms with Crippen LogP contribution in [-0.4, -0.2) is 110 Å². The third-order valence-corrected chi connectivity index (χ3v) is 12.6. The SMILES string of the molecule is C/C(=N\C(=O)c1nc(C(C)(C)C)no1)c1ccc(-c2ncnc3[nH]c(-c4ccc(N5CCN(CC6CCN(c7ccc(N8CCC(=O)NC8=O)cc7)CC6)C[C@H]5C)nc4)cc23)cc1C. The predicted molar refractivity (Wildman–Crippen MR) is 247 cm³/mol. The van der Waals surface area contributed by atoms with Crippen LogP contribution in [-0.2, 0) is 10.2 Å². The van der Waals surface area contributed by atoms with Crippen LogP contribution in [0.1, 0.15) is 81.5 Å². The highest BCUT2D eigenvalue weighted by Gasteiger charge is 2.29. The smallest absolute Gasteiger partial charge is 0.335 e. The average Bonchev–Trinajstić information content (AvgIpc) is 3.97. The van der Waals surface area contributed by atoms with E-state index in [1.54, 1.807) is 18.2 Å². The van der Waals surface area contributed by atoms with E-state index in [2.05, 4.69) is 87.4 Å². The molecule has 3 fully saturated rings. The maximum Gasteiger partial charge on any atom is 0.335 e. The van der Waals surface area contributed by atoms with Gasteiger partial charge < -0.3 is 19.3 Å². The van der Waals surface area contributed by atoms with Crippen LogP contribution in [0.15, 0.2) is 82.7 Å². The van der Waals surface area contributed by atoms with Crippen LogP contribution < -0.4 is 20.0 Å². The predicted octanol–water partition coefficient (Wildman–Crippen LogP) is 7.20. The van der Waals surface area contributed by atoms with E-state index in [1.807, 2.05) is 64.2 Å². The molecule has 3 aliphatic rings. The Morgan fingerprint density at radius 1 is 0.906 bits per heavy atom. The molecule has 7 heterocycles. The van der Waals surface area contributed by atoms with Crippen molar-refractivity contribution in [2.24, 2.45) is 10.9 Å². The number of rotatable bonds is 9. The van der Waals surface area contributed by atoms with Crippen LogP contribution in [0.25, 0.3) is 33.5 Å². The molecule has 0 spiro atoms. The topological polar surface area (TPSA) is 182 Å². The first-order valence-corrected chi connectivity index (χ1v) is 22.1. The minimum atomic E-state index is -0.574. The zero-order valence-corrected chi connectivity index (χ0v) is 37.3. The van der Waals surface area contributed by atoms with Crippen LogP contribution >= 0.6 is 0 Å². The molecule has 16 heteroatoms. The Morgan fingerprint density at radius 3 is 2.36 bits per heavy atom. The highest BCUT2D eigenvalue weighted by atomic mass is 16.5. The number of urea groups is 1. The number of amides is 4. The number of hydrogen-bond acceptors (Lipinski definition) is 12. The summed E-state index contributed by atoms with van der Waals surface area (Å²) in [5.74, 6) is 1.16. The lowest BCUT2D eigenvalue weighted by molar-refractivity contribution is -0.120. The Bertz CT molecular complexity index is 2730. The highest BCUT2D eigenvalue weighted by molar-refractivity contribution is 6.09. The second kappa shape index (κ2) is 17.4. The molecule has 0 saturated carbocycles. The molecule has 64 heavy (non-hydrogen) atoms. The fourth-order valence-electron chi connectivity index (χ4n) is 9.06. The standard InChI is InChI=1S/C48H54N12O4/c1-29-23-33(7-13-37(29)31(3)52-44(62)45-55-46(56-64-45)48(4,5)6)42-38-24-39(53-43(38)51-28-50-42)34-8-14-40(49-25-34)59-22-21-57(26-30(59)2)27-32-15-18-58(19-16-32)35-9-11-36(12-10-35)60-20-17-41(61)54-47(60)63/h7-14,23-25,28,30,32H,15-22,26-27H2,1-6H3,(H,50,51,53)(H,54,61,63)/b52-31+/t30-/m1/s1. The number of piperazine rings is 1. The summed E-state index contributed by atoms with van der Waals surface area (Å²) in [5, 5.41) is 7.25. The fourth-order valence-corrected chi connectivity index (χ4v) is 9.06. The Labute approximate surface area is 372 Å². The van der Waals surface area contributed by atoms with Crippen molar-refractivity contribution in [1.29, 1.82) is 0 Å². The molecule has 4 amide bonds. The first-order valence-electron chi connectivity index (χ1n) is 22.1. The Balaban J connectivity index is 0.792. The molecule has 330 valence electrons. The number of aromatic nitrogens is 6. The van der Waals surface area contributed by atoms with Crippen molar-refractivity contribution >= 4 is 51.8 Å². The summed E-state index contributed by atoms with van der Waals surface area (Å²) in [7, 11) is 0. The van der Waals surface area contributed by atoms with E-state index >= 15 is 0 Å². The Kier molecular flexibility index (Phi) is 11.5. The van der Waals surface area contributed by atoms with Gasteiger partial charge >= 0.3 is 17.8 Å². The maximum atomic E-state index is 12.9. The van der Waals surface area contributed by atoms with Crippen molar-refractivity contribution in [3.63, 3.8) is 0 Å². The molecule has 3 aliphatic heterocycles. The number of imide groups is 1. The minimum Gasteiger partial charge on any atom is -0.372 e. The first-order chi connectivity index (χ1) is 30.8. The molecular weight excluding hydrogens is 809 g/mol. The third kappa shape index (κ3) is 8.87. The zero-order valence-electron chi connectivity index (χ0n) is 37.3. The van der Waals surface area contributed by atoms with Gasteiger partial charge in [0, 0.05) is 109 Å². The van der Waals surface area contributed by atoms with E-state index in [0.717, 1.165) is 108 Å². The van der Waals surface area contributed by atoms with E-state index in [0.29, 0.717) is 36.5 Å². The molecule has 2 N–H and O–H groups in total. The quantitative estimate of drug-likeness (QED) is 0.140. The number of H-pyrrole nitrogens is 1. The average molecular weight is 863 g/mol. The number of nitrogens with one attached hydrogen (secondary N) is 2. The lowest BCUT2D eigenvalue weighted by atomic mass is 9.95. The number of piperidine rings is 1. The third-order valence-electron chi connectivity index (χ3n) is 12.6. The summed E-state index contributed by atoms with van der Waals surface area (Å²) in [4.78, 5) is 72.0. The minimum absolute atomic E-state index is 0.127. The van der Waals surface area contributed by atoms with E-state index in [4.69, 9.17) is 9.51 Å². The summed E-state index contributed by atoms with van der Waals surface area (Å²) >= 11 is 0. The largest absolute Gasteiger partial charge is 0.372 e. The molecule has 3 saturated heterocycles. The van der Waals surface area contributed by atoms with Crippen molar-refractivity contribution in [3.05, 3.63) is 96.0 Å². The van der Waals surface area contributed by atoms with Gasteiger partial charge in [0.1, 0.15) is 17.8 Å². The summed E-state index contributed by atoms with van der Waals surface area (Å²) in [6.07, 6.45) is 6.11. The second-order valence-electron chi connectivity index (χ2n) is 18.3. The van der Waals surface area contributed by atoms with Gasteiger partial charge in [0.25, 0.3) is 0 Å². The molecule has 0 radical (unpaired) electrons. The highest BCUT2D eigenvalue weighted by Crippen LogP contribution is 2.33. The van der Waals surface area contributed by atoms with E-state index in [9.17, 15) is 14.4 Å². The lowest BCUT2D eigenvalue weighted by Gasteiger charge is -2.43. The Morgan fingerprint density at radius 2 is 1.67 bits per heavy atom. The number of carbonyl (C=O) groups is 3. The van der Waals surface area contributed by atoms with Crippen LogP contribution in [0.4, 0.5) is 22.0 Å². The lowest BCUT2D eigenvalue weighted by Crippen LogP contribution is -2.53. The number of anilines is 3. The molecule has 16 nitrogen and oxygen atoms in total. The molecule has 1 atom stereocenters. The van der Waals surface area contributed by atoms with E-state index in [1.165, 1.54) is 5.69 Å². The number of hydrogen-bond donors (Lipinski definition) is 2. The summed E-state index contributed by atoms with van der Waals surface area (Å²) in [5.41, 5.74) is 8.29. The first kappa shape index (κ1) is 42.5. The monoisotopic (exact) mass is 862 g/mol. The van der Waals surface area contributed by atoms with Crippen molar-refractivity contribution in [1.82, 2.24) is 40.3 Å². The molecule has 9 rings (SSSR count). The number of aryl methyl sites for hydroxylation is 1. The molecule has 6 aromatic rings. The molecule has 0 aliphatic carbocycles. The number of aromatic amines is 1. The van der Waals surface area contributed by atoms with Crippen molar-refractivity contribution < 1.29 is 18.9 Å². The number of carbonyl (C=O) groups excluding carboxylic acids is 3. The fraction of sp³-hybridized carbons (Fsp3) is 0.396. The summed E-state index contributed by atoms with van der Waals surface area (Å²) < 4.78 is 5.21. The van der Waals surface area contributed by atoms with Crippen molar-refractivity contribution in [3.8, 4) is 22.5 Å². The summed E-state index contributed by atoms with van der Waals surface area (Å²) in [6.45, 7) is 18.4. The second-order valence-corrected chi connectivity index (χ2v) is 18.3. The van der Waals surface area contributed by atoms with Crippen molar-refractivity contribution in [2.45, 2.75) is 72.3 Å². The van der Waals surface area contributed by atoms with Crippen LogP contribution in [0, 0.1) is 12.8 Å². The van der Waals surface area contributed by atoms with Crippen LogP contribution in [0.2, 0.25) is 0 Å². The zero-order chi connectivity index (χ0) is 44.7. The van der Waals surface area contributed by atoms with Gasteiger partial charge in [0.2, 0.25) is 5.91 Å². The molecule has 4 aromatic heterocycles. The number of benzene rings is 2. The molecule has 2 aromatic carbocycles. The maximum absolute atomic E-state index is 12.9. The van der Waals surface area contributed by atoms with Gasteiger partial charge in [0.15, 0.2) is 5.82 Å². The van der Waals surface area contributed by atoms with Gasteiger partial charge in [-0.3, -0.25) is 24.7 Å². The van der Waals surface area contributed by atoms with Crippen molar-refractivity contribution in [2.75, 3.05) is 60.5 Å². The molecule has 0 unspecified atom stereocenters. The number of pyridine rings is 1. The number of fused-ring (bicyclic) bond motifs is 1. The van der Waals surface area contributed by atoms with Gasteiger partial charge in [-0.2, -0.15) is 4.98 Å². The molecular formula is C48H54N12O4. The summed E-state index contributed by atoms with van der Waals surface area (Å²) in [6, 6.07) is 20.4.